The summed E-state index contributed by atoms with van der Waals surface area (Å²) < 4.78 is 0. The molecule has 1 heterocycles. The Bertz CT molecular complexity index is 419. The van der Waals surface area contributed by atoms with Crippen LogP contribution in [0.1, 0.15) is 54.5 Å². The molecule has 0 aliphatic heterocycles. The Labute approximate surface area is 118 Å². The minimum Gasteiger partial charge on any atom is -0.348 e. The van der Waals surface area contributed by atoms with Crippen LogP contribution in [0.2, 0.25) is 0 Å². The van der Waals surface area contributed by atoms with Gasteiger partial charge in [0.15, 0.2) is 0 Å². The third-order valence-corrected chi connectivity index (χ3v) is 4.80. The second-order valence-corrected chi connectivity index (χ2v) is 6.14. The van der Waals surface area contributed by atoms with E-state index in [1.54, 1.807) is 0 Å². The molecule has 1 saturated carbocycles. The highest BCUT2D eigenvalue weighted by Crippen LogP contribution is 2.27. The van der Waals surface area contributed by atoms with Gasteiger partial charge >= 0.3 is 0 Å². The molecule has 2 rings (SSSR count). The molecule has 0 spiro atoms. The maximum atomic E-state index is 12.2. The van der Waals surface area contributed by atoms with Crippen LogP contribution in [0.5, 0.6) is 0 Å². The van der Waals surface area contributed by atoms with E-state index < -0.39 is 0 Å². The molecule has 1 aliphatic rings. The zero-order valence-corrected chi connectivity index (χ0v) is 12.3. The first-order valence-corrected chi connectivity index (χ1v) is 8.08. The minimum atomic E-state index is -0.0233. The predicted molar refractivity (Wildman–Crippen MR) is 78.4 cm³/mol. The molecule has 1 aromatic heterocycles. The van der Waals surface area contributed by atoms with E-state index in [0.29, 0.717) is 24.2 Å². The molecule has 1 aliphatic carbocycles. The maximum Gasteiger partial charge on any atom is 0.270 e. The number of aromatic nitrogens is 1. The van der Waals surface area contributed by atoms with Gasteiger partial charge in [-0.2, -0.15) is 0 Å². The molecular formula is C14H23N3OS. The van der Waals surface area contributed by atoms with Gasteiger partial charge in [-0.25, -0.2) is 4.98 Å². The number of hydrogen-bond acceptors (Lipinski definition) is 4. The lowest BCUT2D eigenvalue weighted by Gasteiger charge is -2.31. The zero-order chi connectivity index (χ0) is 13.7. The van der Waals surface area contributed by atoms with Crippen molar-refractivity contribution in [3.05, 3.63) is 16.1 Å². The third-order valence-electron chi connectivity index (χ3n) is 3.89. The summed E-state index contributed by atoms with van der Waals surface area (Å²) in [5.41, 5.74) is 6.05. The molecule has 0 bridgehead atoms. The smallest absolute Gasteiger partial charge is 0.270 e. The second kappa shape index (κ2) is 7.01. The SMILES string of the molecule is CCC1CCCCC1NC(=O)c1csc(CCN)n1. The molecule has 1 aromatic rings. The molecule has 1 fully saturated rings. The fourth-order valence-electron chi connectivity index (χ4n) is 2.78. The highest BCUT2D eigenvalue weighted by Gasteiger charge is 2.25. The Morgan fingerprint density at radius 1 is 1.53 bits per heavy atom. The summed E-state index contributed by atoms with van der Waals surface area (Å²) in [6.07, 6.45) is 6.74. The van der Waals surface area contributed by atoms with E-state index >= 15 is 0 Å². The Kier molecular flexibility index (Phi) is 5.34. The number of hydrogen-bond donors (Lipinski definition) is 2. The Hall–Kier alpha value is -0.940. The van der Waals surface area contributed by atoms with E-state index in [4.69, 9.17) is 5.73 Å². The van der Waals surface area contributed by atoms with Gasteiger partial charge in [0.1, 0.15) is 5.69 Å². The first kappa shape index (κ1) is 14.5. The molecule has 0 aromatic carbocycles. The number of nitrogens with two attached hydrogens (primary N) is 1. The topological polar surface area (TPSA) is 68.0 Å². The second-order valence-electron chi connectivity index (χ2n) is 5.20. The van der Waals surface area contributed by atoms with Crippen molar-refractivity contribution in [3.63, 3.8) is 0 Å². The summed E-state index contributed by atoms with van der Waals surface area (Å²) in [6, 6.07) is 0.325. The zero-order valence-electron chi connectivity index (χ0n) is 11.5. The van der Waals surface area contributed by atoms with Gasteiger partial charge in [-0.1, -0.05) is 26.2 Å². The summed E-state index contributed by atoms with van der Waals surface area (Å²) in [6.45, 7) is 2.78. The molecule has 4 nitrogen and oxygen atoms in total. The summed E-state index contributed by atoms with van der Waals surface area (Å²) in [4.78, 5) is 16.5. The summed E-state index contributed by atoms with van der Waals surface area (Å²) in [5.74, 6) is 0.602. The van der Waals surface area contributed by atoms with Crippen molar-refractivity contribution in [1.82, 2.24) is 10.3 Å². The van der Waals surface area contributed by atoms with Gasteiger partial charge in [0.25, 0.3) is 5.91 Å². The van der Waals surface area contributed by atoms with Gasteiger partial charge in [0.05, 0.1) is 5.01 Å². The van der Waals surface area contributed by atoms with Gasteiger partial charge < -0.3 is 11.1 Å². The van der Waals surface area contributed by atoms with E-state index in [-0.39, 0.29) is 5.91 Å². The fourth-order valence-corrected chi connectivity index (χ4v) is 3.58. The number of rotatable bonds is 5. The van der Waals surface area contributed by atoms with Crippen molar-refractivity contribution in [2.45, 2.75) is 51.5 Å². The molecule has 2 atom stereocenters. The maximum absolute atomic E-state index is 12.2. The van der Waals surface area contributed by atoms with E-state index in [1.807, 2.05) is 5.38 Å². The predicted octanol–water partition coefficient (Wildman–Crippen LogP) is 2.34. The molecule has 5 heteroatoms. The van der Waals surface area contributed by atoms with Crippen LogP contribution in [0.25, 0.3) is 0 Å². The molecule has 3 N–H and O–H groups in total. The van der Waals surface area contributed by atoms with Crippen LogP contribution >= 0.6 is 11.3 Å². The van der Waals surface area contributed by atoms with Gasteiger partial charge in [-0.3, -0.25) is 4.79 Å². The van der Waals surface area contributed by atoms with Crippen molar-refractivity contribution in [2.24, 2.45) is 11.7 Å². The largest absolute Gasteiger partial charge is 0.348 e. The van der Waals surface area contributed by atoms with Crippen molar-refractivity contribution in [3.8, 4) is 0 Å². The Morgan fingerprint density at radius 3 is 3.05 bits per heavy atom. The quantitative estimate of drug-likeness (QED) is 0.870. The van der Waals surface area contributed by atoms with Crippen LogP contribution in [0.4, 0.5) is 0 Å². The molecule has 106 valence electrons. The van der Waals surface area contributed by atoms with Crippen LogP contribution in [0.3, 0.4) is 0 Å². The van der Waals surface area contributed by atoms with Gasteiger partial charge in [0, 0.05) is 17.8 Å². The molecule has 2 unspecified atom stereocenters. The lowest BCUT2D eigenvalue weighted by atomic mass is 9.83. The molecule has 0 radical (unpaired) electrons. The minimum absolute atomic E-state index is 0.0233. The summed E-state index contributed by atoms with van der Waals surface area (Å²) in [5, 5.41) is 5.95. The lowest BCUT2D eigenvalue weighted by molar-refractivity contribution is 0.0900. The summed E-state index contributed by atoms with van der Waals surface area (Å²) >= 11 is 1.52. The normalized spacial score (nSPS) is 23.3. The Morgan fingerprint density at radius 2 is 2.32 bits per heavy atom. The number of carbonyl (C=O) groups excluding carboxylic acids is 1. The van der Waals surface area contributed by atoms with Crippen molar-refractivity contribution in [2.75, 3.05) is 6.54 Å². The van der Waals surface area contributed by atoms with E-state index in [9.17, 15) is 4.79 Å². The van der Waals surface area contributed by atoms with Gasteiger partial charge in [0.2, 0.25) is 0 Å². The van der Waals surface area contributed by atoms with Gasteiger partial charge in [-0.15, -0.1) is 11.3 Å². The number of carbonyl (C=O) groups is 1. The number of nitrogens with one attached hydrogen (secondary N) is 1. The highest BCUT2D eigenvalue weighted by molar-refractivity contribution is 7.09. The van der Waals surface area contributed by atoms with Crippen molar-refractivity contribution >= 4 is 17.2 Å². The first-order valence-electron chi connectivity index (χ1n) is 7.20. The van der Waals surface area contributed by atoms with Crippen LogP contribution in [0, 0.1) is 5.92 Å². The van der Waals surface area contributed by atoms with Crippen LogP contribution in [-0.2, 0) is 6.42 Å². The lowest BCUT2D eigenvalue weighted by Crippen LogP contribution is -2.42. The molecule has 0 saturated heterocycles. The molecule has 19 heavy (non-hydrogen) atoms. The number of amides is 1. The van der Waals surface area contributed by atoms with Crippen LogP contribution in [-0.4, -0.2) is 23.5 Å². The van der Waals surface area contributed by atoms with Crippen molar-refractivity contribution < 1.29 is 4.79 Å². The third kappa shape index (κ3) is 3.76. The average Bonchev–Trinajstić information content (AvgIpc) is 2.88. The number of thiazole rings is 1. The molecule has 1 amide bonds. The monoisotopic (exact) mass is 281 g/mol. The fraction of sp³-hybridized carbons (Fsp3) is 0.714. The van der Waals surface area contributed by atoms with Gasteiger partial charge in [-0.05, 0) is 25.3 Å². The van der Waals surface area contributed by atoms with E-state index in [2.05, 4.69) is 17.2 Å². The number of nitrogens with zero attached hydrogens (tertiary/aromatic N) is 1. The highest BCUT2D eigenvalue weighted by atomic mass is 32.1. The average molecular weight is 281 g/mol. The Balaban J connectivity index is 1.95. The van der Waals surface area contributed by atoms with E-state index in [1.165, 1.54) is 30.6 Å². The van der Waals surface area contributed by atoms with Crippen LogP contribution in [0.15, 0.2) is 5.38 Å². The molecular weight excluding hydrogens is 258 g/mol. The van der Waals surface area contributed by atoms with Crippen molar-refractivity contribution in [1.29, 1.82) is 0 Å². The van der Waals surface area contributed by atoms with E-state index in [0.717, 1.165) is 24.3 Å². The van der Waals surface area contributed by atoms with Crippen LogP contribution < -0.4 is 11.1 Å². The standard InChI is InChI=1S/C14H23N3OS/c1-2-10-5-3-4-6-11(10)17-14(18)12-9-19-13(16-12)7-8-15/h9-11H,2-8,15H2,1H3,(H,17,18). The summed E-state index contributed by atoms with van der Waals surface area (Å²) in [7, 11) is 0. The first-order chi connectivity index (χ1) is 9.24.